The number of rotatable bonds is 3. The molecule has 0 aliphatic carbocycles. The molecule has 0 aliphatic rings. The third-order valence-electron chi connectivity index (χ3n) is 3.38. The Morgan fingerprint density at radius 3 is 2.90 bits per heavy atom. The van der Waals surface area contributed by atoms with Gasteiger partial charge in [-0.1, -0.05) is 29.8 Å². The molecule has 0 aliphatic heterocycles. The van der Waals surface area contributed by atoms with Crippen molar-refractivity contribution in [3.63, 3.8) is 0 Å². The Hall–Kier alpha value is -2.66. The lowest BCUT2D eigenvalue weighted by atomic mass is 10.1. The van der Waals surface area contributed by atoms with Crippen molar-refractivity contribution in [1.29, 1.82) is 0 Å². The van der Waals surface area contributed by atoms with Crippen LogP contribution in [0.5, 0.6) is 0 Å². The van der Waals surface area contributed by atoms with Crippen molar-refractivity contribution in [3.8, 4) is 0 Å². The fourth-order valence-electron chi connectivity index (χ4n) is 2.38. The summed E-state index contributed by atoms with van der Waals surface area (Å²) in [6.45, 7) is 2.74. The van der Waals surface area contributed by atoms with Crippen LogP contribution < -0.4 is 5.48 Å². The number of hydrogen-bond donors (Lipinski definition) is 2. The average molecular weight is 281 g/mol. The highest BCUT2D eigenvalue weighted by atomic mass is 16.5. The number of benzene rings is 1. The highest BCUT2D eigenvalue weighted by molar-refractivity contribution is 5.93. The van der Waals surface area contributed by atoms with Crippen LogP contribution in [0.4, 0.5) is 0 Å². The molecule has 3 aromatic rings. The standard InChI is InChI=1S/C16H15N3O2/c1-11-3-2-4-12(9-11)10-19-8-7-13-5-6-14(16(20)18-21)17-15(13)19/h2-9,21H,10H2,1H3,(H,18,20). The van der Waals surface area contributed by atoms with Crippen LogP contribution in [0.25, 0.3) is 11.0 Å². The number of nitrogens with one attached hydrogen (secondary N) is 1. The van der Waals surface area contributed by atoms with Gasteiger partial charge >= 0.3 is 0 Å². The summed E-state index contributed by atoms with van der Waals surface area (Å²) in [7, 11) is 0. The maximum Gasteiger partial charge on any atom is 0.293 e. The van der Waals surface area contributed by atoms with Gasteiger partial charge in [-0.15, -0.1) is 0 Å². The molecule has 0 saturated heterocycles. The monoisotopic (exact) mass is 281 g/mol. The van der Waals surface area contributed by atoms with E-state index in [0.717, 1.165) is 11.0 Å². The molecule has 0 radical (unpaired) electrons. The second-order valence-corrected chi connectivity index (χ2v) is 4.98. The molecule has 1 aromatic carbocycles. The van der Waals surface area contributed by atoms with Gasteiger partial charge in [0.1, 0.15) is 11.3 Å². The van der Waals surface area contributed by atoms with Crippen molar-refractivity contribution < 1.29 is 10.0 Å². The van der Waals surface area contributed by atoms with Gasteiger partial charge in [0.15, 0.2) is 0 Å². The van der Waals surface area contributed by atoms with E-state index < -0.39 is 5.91 Å². The Bertz CT molecular complexity index is 808. The van der Waals surface area contributed by atoms with E-state index in [2.05, 4.69) is 30.1 Å². The summed E-state index contributed by atoms with van der Waals surface area (Å²) in [6.07, 6.45) is 1.95. The predicted molar refractivity (Wildman–Crippen MR) is 79.3 cm³/mol. The van der Waals surface area contributed by atoms with Crippen molar-refractivity contribution in [3.05, 3.63) is 65.5 Å². The molecule has 5 nitrogen and oxygen atoms in total. The lowest BCUT2D eigenvalue weighted by Crippen LogP contribution is -2.20. The summed E-state index contributed by atoms with van der Waals surface area (Å²) >= 11 is 0. The zero-order valence-electron chi connectivity index (χ0n) is 11.6. The van der Waals surface area contributed by atoms with Crippen LogP contribution in [0, 0.1) is 6.92 Å². The normalized spacial score (nSPS) is 10.8. The quantitative estimate of drug-likeness (QED) is 0.572. The minimum atomic E-state index is -0.611. The Labute approximate surface area is 121 Å². The Morgan fingerprint density at radius 1 is 1.29 bits per heavy atom. The first-order valence-corrected chi connectivity index (χ1v) is 6.63. The minimum absolute atomic E-state index is 0.189. The predicted octanol–water partition coefficient (Wildman–Crippen LogP) is 2.51. The van der Waals surface area contributed by atoms with E-state index in [1.54, 1.807) is 11.5 Å². The van der Waals surface area contributed by atoms with Gasteiger partial charge in [-0.2, -0.15) is 0 Å². The molecule has 21 heavy (non-hydrogen) atoms. The van der Waals surface area contributed by atoms with E-state index in [9.17, 15) is 4.79 Å². The van der Waals surface area contributed by atoms with Crippen molar-refractivity contribution in [2.45, 2.75) is 13.5 Å². The molecule has 2 heterocycles. The van der Waals surface area contributed by atoms with Gasteiger partial charge in [0, 0.05) is 18.1 Å². The van der Waals surface area contributed by atoms with Crippen LogP contribution in [0.15, 0.2) is 48.7 Å². The van der Waals surface area contributed by atoms with E-state index >= 15 is 0 Å². The topological polar surface area (TPSA) is 67.2 Å². The van der Waals surface area contributed by atoms with Crippen LogP contribution in [0.1, 0.15) is 21.6 Å². The van der Waals surface area contributed by atoms with Gasteiger partial charge in [0.25, 0.3) is 5.91 Å². The maximum atomic E-state index is 11.5. The van der Waals surface area contributed by atoms with E-state index in [-0.39, 0.29) is 5.69 Å². The molecular weight excluding hydrogens is 266 g/mol. The molecule has 0 fully saturated rings. The molecular formula is C16H15N3O2. The number of amides is 1. The third kappa shape index (κ3) is 2.64. The van der Waals surface area contributed by atoms with Gasteiger partial charge < -0.3 is 4.57 Å². The number of carbonyl (C=O) groups excluding carboxylic acids is 1. The van der Waals surface area contributed by atoms with E-state index in [1.165, 1.54) is 11.1 Å². The van der Waals surface area contributed by atoms with Crippen molar-refractivity contribution in [2.75, 3.05) is 0 Å². The molecule has 5 heteroatoms. The van der Waals surface area contributed by atoms with E-state index in [0.29, 0.717) is 6.54 Å². The molecule has 2 aromatic heterocycles. The fourth-order valence-corrected chi connectivity index (χ4v) is 2.38. The number of aromatic nitrogens is 2. The zero-order valence-corrected chi connectivity index (χ0v) is 11.6. The summed E-state index contributed by atoms with van der Waals surface area (Å²) in [5.41, 5.74) is 4.89. The maximum absolute atomic E-state index is 11.5. The number of carbonyl (C=O) groups is 1. The molecule has 3 rings (SSSR count). The van der Waals surface area contributed by atoms with Crippen LogP contribution in [0.2, 0.25) is 0 Å². The summed E-state index contributed by atoms with van der Waals surface area (Å²) in [6, 6.07) is 13.6. The Balaban J connectivity index is 2.00. The average Bonchev–Trinajstić information content (AvgIpc) is 2.89. The largest absolute Gasteiger partial charge is 0.328 e. The van der Waals surface area contributed by atoms with E-state index in [1.807, 2.05) is 29.0 Å². The molecule has 0 saturated carbocycles. The van der Waals surface area contributed by atoms with Crippen LogP contribution in [0.3, 0.4) is 0 Å². The van der Waals surface area contributed by atoms with Crippen molar-refractivity contribution in [2.24, 2.45) is 0 Å². The third-order valence-corrected chi connectivity index (χ3v) is 3.38. The Morgan fingerprint density at radius 2 is 2.14 bits per heavy atom. The number of pyridine rings is 1. The number of aryl methyl sites for hydroxylation is 1. The van der Waals surface area contributed by atoms with Crippen LogP contribution in [-0.2, 0) is 6.54 Å². The smallest absolute Gasteiger partial charge is 0.293 e. The number of hydrogen-bond acceptors (Lipinski definition) is 3. The molecule has 2 N–H and O–H groups in total. The second kappa shape index (κ2) is 5.38. The van der Waals surface area contributed by atoms with Crippen LogP contribution in [-0.4, -0.2) is 20.7 Å². The van der Waals surface area contributed by atoms with Gasteiger partial charge in [-0.05, 0) is 30.7 Å². The second-order valence-electron chi connectivity index (χ2n) is 4.98. The first-order chi connectivity index (χ1) is 10.2. The van der Waals surface area contributed by atoms with E-state index in [4.69, 9.17) is 5.21 Å². The number of hydroxylamine groups is 1. The molecule has 0 bridgehead atoms. The minimum Gasteiger partial charge on any atom is -0.328 e. The van der Waals surface area contributed by atoms with Gasteiger partial charge in [-0.3, -0.25) is 10.0 Å². The first-order valence-electron chi connectivity index (χ1n) is 6.63. The lowest BCUT2D eigenvalue weighted by molar-refractivity contribution is 0.0701. The number of fused-ring (bicyclic) bond motifs is 1. The molecule has 0 atom stereocenters. The van der Waals surface area contributed by atoms with Crippen molar-refractivity contribution >= 4 is 16.9 Å². The highest BCUT2D eigenvalue weighted by Crippen LogP contribution is 2.16. The van der Waals surface area contributed by atoms with Gasteiger partial charge in [-0.25, -0.2) is 10.5 Å². The molecule has 1 amide bonds. The summed E-state index contributed by atoms with van der Waals surface area (Å²) in [5.74, 6) is -0.611. The molecule has 0 unspecified atom stereocenters. The fraction of sp³-hybridized carbons (Fsp3) is 0.125. The Kier molecular flexibility index (Phi) is 3.41. The molecule has 0 spiro atoms. The lowest BCUT2D eigenvalue weighted by Gasteiger charge is -2.07. The molecule has 106 valence electrons. The first kappa shape index (κ1) is 13.3. The summed E-state index contributed by atoms with van der Waals surface area (Å²) < 4.78 is 1.98. The zero-order chi connectivity index (χ0) is 14.8. The van der Waals surface area contributed by atoms with Crippen LogP contribution >= 0.6 is 0 Å². The van der Waals surface area contributed by atoms with Gasteiger partial charge in [0.2, 0.25) is 0 Å². The summed E-state index contributed by atoms with van der Waals surface area (Å²) in [5, 5.41) is 9.66. The van der Waals surface area contributed by atoms with Crippen molar-refractivity contribution in [1.82, 2.24) is 15.0 Å². The highest BCUT2D eigenvalue weighted by Gasteiger charge is 2.09. The number of nitrogens with zero attached hydrogens (tertiary/aromatic N) is 2. The SMILES string of the molecule is Cc1cccc(Cn2ccc3ccc(C(=O)NO)nc32)c1. The van der Waals surface area contributed by atoms with Gasteiger partial charge in [0.05, 0.1) is 0 Å². The summed E-state index contributed by atoms with van der Waals surface area (Å²) in [4.78, 5) is 15.8.